The number of benzene rings is 3. The molecule has 0 radical (unpaired) electrons. The molecule has 1 unspecified atom stereocenters. The van der Waals surface area contributed by atoms with Crippen LogP contribution in [0.2, 0.25) is 5.02 Å². The average molecular weight is 478 g/mol. The maximum Gasteiger partial charge on any atom is 0.353 e. The zero-order valence-corrected chi connectivity index (χ0v) is 20.8. The molecule has 6 nitrogen and oxygen atoms in total. The second-order valence-corrected chi connectivity index (χ2v) is 8.79. The number of fused-ring (bicyclic) bond motifs is 1. The van der Waals surface area contributed by atoms with Gasteiger partial charge >= 0.3 is 5.69 Å². The third-order valence-electron chi connectivity index (χ3n) is 5.81. The molecular formula is C27H28ClN3O3. The lowest BCUT2D eigenvalue weighted by Crippen LogP contribution is -2.23. The van der Waals surface area contributed by atoms with Gasteiger partial charge in [-0.3, -0.25) is 4.57 Å². The van der Waals surface area contributed by atoms with E-state index in [4.69, 9.17) is 21.1 Å². The van der Waals surface area contributed by atoms with Crippen LogP contribution < -0.4 is 20.1 Å². The van der Waals surface area contributed by atoms with E-state index < -0.39 is 0 Å². The number of hydrogen-bond acceptors (Lipinski definition) is 5. The van der Waals surface area contributed by atoms with Crippen molar-refractivity contribution >= 4 is 28.2 Å². The minimum Gasteiger partial charge on any atom is -0.493 e. The van der Waals surface area contributed by atoms with Crippen LogP contribution in [0.15, 0.2) is 65.5 Å². The van der Waals surface area contributed by atoms with Gasteiger partial charge in [-0.15, -0.1) is 0 Å². The molecule has 176 valence electrons. The topological polar surface area (TPSA) is 56.6 Å². The molecule has 0 aliphatic rings. The fraction of sp³-hybridized carbons (Fsp3) is 0.259. The molecule has 0 bridgehead atoms. The number of methoxy groups -OCH3 is 1. The lowest BCUT2D eigenvalue weighted by molar-refractivity contribution is 0.208. The molecule has 0 amide bonds. The van der Waals surface area contributed by atoms with E-state index in [0.29, 0.717) is 27.7 Å². The van der Waals surface area contributed by atoms with E-state index in [-0.39, 0.29) is 11.8 Å². The van der Waals surface area contributed by atoms with E-state index in [2.05, 4.69) is 11.9 Å². The fourth-order valence-corrected chi connectivity index (χ4v) is 3.91. The van der Waals surface area contributed by atoms with Crippen molar-refractivity contribution in [1.82, 2.24) is 9.55 Å². The summed E-state index contributed by atoms with van der Waals surface area (Å²) < 4.78 is 13.3. The summed E-state index contributed by atoms with van der Waals surface area (Å²) in [5.41, 5.74) is 3.45. The fourth-order valence-electron chi connectivity index (χ4n) is 3.78. The quantitative estimate of drug-likeness (QED) is 0.329. The van der Waals surface area contributed by atoms with E-state index >= 15 is 0 Å². The van der Waals surface area contributed by atoms with Crippen molar-refractivity contribution < 1.29 is 9.47 Å². The van der Waals surface area contributed by atoms with Gasteiger partial charge in [0.2, 0.25) is 0 Å². The first-order valence-electron chi connectivity index (χ1n) is 11.2. The number of rotatable bonds is 7. The summed E-state index contributed by atoms with van der Waals surface area (Å²) in [6.45, 7) is 4.07. The van der Waals surface area contributed by atoms with E-state index in [9.17, 15) is 4.79 Å². The minimum atomic E-state index is -0.382. The molecule has 0 spiro atoms. The molecule has 1 atom stereocenters. The molecule has 1 aromatic heterocycles. The van der Waals surface area contributed by atoms with Gasteiger partial charge < -0.3 is 14.4 Å². The Bertz CT molecular complexity index is 1360. The molecule has 0 saturated heterocycles. The minimum absolute atomic E-state index is 0.00257. The lowest BCUT2D eigenvalue weighted by atomic mass is 10.0. The van der Waals surface area contributed by atoms with Crippen molar-refractivity contribution in [2.45, 2.75) is 26.4 Å². The number of halogens is 1. The van der Waals surface area contributed by atoms with E-state index in [0.717, 1.165) is 28.7 Å². The van der Waals surface area contributed by atoms with Crippen LogP contribution >= 0.6 is 11.6 Å². The third kappa shape index (κ3) is 4.59. The molecule has 34 heavy (non-hydrogen) atoms. The summed E-state index contributed by atoms with van der Waals surface area (Å²) in [5, 5.41) is 1.39. The maximum atomic E-state index is 13.4. The first-order chi connectivity index (χ1) is 16.3. The van der Waals surface area contributed by atoms with Gasteiger partial charge in [0.05, 0.1) is 30.1 Å². The van der Waals surface area contributed by atoms with Crippen LogP contribution in [0.5, 0.6) is 11.5 Å². The molecule has 7 heteroatoms. The predicted molar refractivity (Wildman–Crippen MR) is 139 cm³/mol. The molecule has 3 aromatic carbocycles. The zero-order chi connectivity index (χ0) is 24.4. The largest absolute Gasteiger partial charge is 0.493 e. The van der Waals surface area contributed by atoms with Gasteiger partial charge in [0.15, 0.2) is 11.5 Å². The van der Waals surface area contributed by atoms with E-state index in [1.807, 2.05) is 80.5 Å². The number of ether oxygens (including phenoxy) is 2. The van der Waals surface area contributed by atoms with Crippen LogP contribution in [0.25, 0.3) is 27.8 Å². The van der Waals surface area contributed by atoms with Crippen molar-refractivity contribution in [2.75, 3.05) is 26.1 Å². The Hall–Kier alpha value is -3.51. The Balaban J connectivity index is 2.05. The maximum absolute atomic E-state index is 13.4. The van der Waals surface area contributed by atoms with Gasteiger partial charge in [-0.1, -0.05) is 30.7 Å². The molecule has 0 aliphatic heterocycles. The van der Waals surface area contributed by atoms with Crippen molar-refractivity contribution in [2.24, 2.45) is 0 Å². The molecule has 0 fully saturated rings. The molecule has 4 rings (SSSR count). The first-order valence-corrected chi connectivity index (χ1v) is 11.5. The van der Waals surface area contributed by atoms with Crippen LogP contribution in [0, 0.1) is 0 Å². The summed E-state index contributed by atoms with van der Waals surface area (Å²) in [4.78, 5) is 19.8. The lowest BCUT2D eigenvalue weighted by Gasteiger charge is -2.20. The van der Waals surface area contributed by atoms with Crippen LogP contribution in [-0.4, -0.2) is 36.9 Å². The molecular weight excluding hydrogens is 450 g/mol. The average Bonchev–Trinajstić information content (AvgIpc) is 2.83. The smallest absolute Gasteiger partial charge is 0.353 e. The van der Waals surface area contributed by atoms with Gasteiger partial charge in [-0.2, -0.15) is 4.98 Å². The van der Waals surface area contributed by atoms with E-state index in [1.54, 1.807) is 17.7 Å². The van der Waals surface area contributed by atoms with Crippen molar-refractivity contribution in [3.05, 3.63) is 76.2 Å². The predicted octanol–water partition coefficient (Wildman–Crippen LogP) is 5.96. The summed E-state index contributed by atoms with van der Waals surface area (Å²) >= 11 is 6.17. The Morgan fingerprint density at radius 1 is 1.03 bits per heavy atom. The molecule has 1 heterocycles. The number of anilines is 1. The SMILES string of the molecule is CCC(C)Oc1cc2c(-c3ccc(Cl)cc3)n(-c3ccc(N(C)C)cc3)c(=O)nc2cc1OC. The third-order valence-corrected chi connectivity index (χ3v) is 6.07. The highest BCUT2D eigenvalue weighted by Gasteiger charge is 2.19. The van der Waals surface area contributed by atoms with Gasteiger partial charge in [0, 0.05) is 36.3 Å². The van der Waals surface area contributed by atoms with Crippen molar-refractivity contribution in [3.8, 4) is 28.4 Å². The second-order valence-electron chi connectivity index (χ2n) is 8.35. The molecule has 0 N–H and O–H groups in total. The first kappa shape index (κ1) is 23.6. The monoisotopic (exact) mass is 477 g/mol. The van der Waals surface area contributed by atoms with Crippen LogP contribution in [0.1, 0.15) is 20.3 Å². The van der Waals surface area contributed by atoms with Crippen LogP contribution in [0.3, 0.4) is 0 Å². The normalized spacial score (nSPS) is 11.9. The van der Waals surface area contributed by atoms with E-state index in [1.165, 1.54) is 0 Å². The Morgan fingerprint density at radius 3 is 2.29 bits per heavy atom. The Labute approximate surface area is 204 Å². The highest BCUT2D eigenvalue weighted by molar-refractivity contribution is 6.30. The number of aromatic nitrogens is 2. The summed E-state index contributed by atoms with van der Waals surface area (Å²) in [6, 6.07) is 18.9. The Kier molecular flexibility index (Phi) is 6.80. The van der Waals surface area contributed by atoms with Gasteiger partial charge in [-0.05, 0) is 61.4 Å². The van der Waals surface area contributed by atoms with Crippen LogP contribution in [-0.2, 0) is 0 Å². The van der Waals surface area contributed by atoms with Crippen molar-refractivity contribution in [3.63, 3.8) is 0 Å². The molecule has 0 saturated carbocycles. The number of nitrogens with zero attached hydrogens (tertiary/aromatic N) is 3. The van der Waals surface area contributed by atoms with Gasteiger partial charge in [0.1, 0.15) is 0 Å². The van der Waals surface area contributed by atoms with Crippen molar-refractivity contribution in [1.29, 1.82) is 0 Å². The second kappa shape index (κ2) is 9.77. The molecule has 4 aromatic rings. The summed E-state index contributed by atoms with van der Waals surface area (Å²) in [6.07, 6.45) is 0.851. The highest BCUT2D eigenvalue weighted by Crippen LogP contribution is 2.37. The number of hydrogen-bond donors (Lipinski definition) is 0. The molecule has 0 aliphatic carbocycles. The Morgan fingerprint density at radius 2 is 1.71 bits per heavy atom. The standard InChI is InChI=1S/C27H28ClN3O3/c1-6-17(2)34-25-15-22-23(16-24(25)33-5)29-27(32)31(21-13-11-20(12-14-21)30(3)4)26(22)18-7-9-19(28)10-8-18/h7-17H,6H2,1-5H3. The highest BCUT2D eigenvalue weighted by atomic mass is 35.5. The zero-order valence-electron chi connectivity index (χ0n) is 20.0. The summed E-state index contributed by atoms with van der Waals surface area (Å²) in [7, 11) is 5.53. The van der Waals surface area contributed by atoms with Gasteiger partial charge in [-0.25, -0.2) is 4.79 Å². The van der Waals surface area contributed by atoms with Gasteiger partial charge in [0.25, 0.3) is 0 Å². The summed E-state index contributed by atoms with van der Waals surface area (Å²) in [5.74, 6) is 1.14. The van der Waals surface area contributed by atoms with Crippen LogP contribution in [0.4, 0.5) is 5.69 Å².